The van der Waals surface area contributed by atoms with Crippen LogP contribution in [-0.2, 0) is 0 Å². The van der Waals surface area contributed by atoms with Gasteiger partial charge in [-0.05, 0) is 26.7 Å². The molecule has 10 heavy (non-hydrogen) atoms. The first-order valence-electron chi connectivity index (χ1n) is 3.85. The van der Waals surface area contributed by atoms with Gasteiger partial charge in [-0.25, -0.2) is 0 Å². The Kier molecular flexibility index (Phi) is 2.15. The van der Waals surface area contributed by atoms with E-state index in [1.54, 1.807) is 0 Å². The zero-order valence-corrected chi connectivity index (χ0v) is 6.99. The molecule has 0 bridgehead atoms. The minimum absolute atomic E-state index is 1.16. The highest BCUT2D eigenvalue weighted by Gasteiger charge is 2.04. The molecule has 0 fully saturated rings. The smallest absolute Gasteiger partial charge is 0.0107 e. The molecule has 1 aliphatic heterocycles. The van der Waals surface area contributed by atoms with E-state index in [0.717, 1.165) is 12.8 Å². The largest absolute Gasteiger partial charge is 0.365 e. The molecule has 1 nitrogen and oxygen atoms in total. The van der Waals surface area contributed by atoms with E-state index < -0.39 is 0 Å². The fourth-order valence-corrected chi connectivity index (χ4v) is 1.08. The Hall–Kier alpha value is -0.720. The molecule has 1 rings (SSSR count). The molecule has 1 aliphatic rings. The summed E-state index contributed by atoms with van der Waals surface area (Å²) < 4.78 is 0. The normalized spacial score (nSPS) is 18.5. The second-order valence-corrected chi connectivity index (χ2v) is 2.88. The summed E-state index contributed by atoms with van der Waals surface area (Å²) in [6.07, 6.45) is 4.45. The van der Waals surface area contributed by atoms with Gasteiger partial charge >= 0.3 is 0 Å². The van der Waals surface area contributed by atoms with Gasteiger partial charge in [0.2, 0.25) is 0 Å². The van der Waals surface area contributed by atoms with E-state index in [-0.39, 0.29) is 0 Å². The number of rotatable bonds is 1. The molecule has 0 aromatic rings. The maximum absolute atomic E-state index is 3.25. The van der Waals surface area contributed by atoms with E-state index in [1.165, 1.54) is 16.8 Å². The molecule has 56 valence electrons. The van der Waals surface area contributed by atoms with Crippen molar-refractivity contribution in [1.29, 1.82) is 0 Å². The number of allylic oxidation sites excluding steroid dienone is 3. The third-order valence-electron chi connectivity index (χ3n) is 2.08. The van der Waals surface area contributed by atoms with Crippen molar-refractivity contribution < 1.29 is 0 Å². The first-order chi connectivity index (χ1) is 4.74. The minimum Gasteiger partial charge on any atom is -0.365 e. The lowest BCUT2D eigenvalue weighted by molar-refractivity contribution is 0.862. The highest BCUT2D eigenvalue weighted by atomic mass is 14.9. The predicted molar refractivity (Wildman–Crippen MR) is 44.5 cm³/mol. The van der Waals surface area contributed by atoms with Crippen LogP contribution in [0.4, 0.5) is 0 Å². The standard InChI is InChI=1S/C9H15N/c1-4-9-5-7(2)8(3)10-6-9/h6,10H,4-5H2,1-3H3. The highest BCUT2D eigenvalue weighted by Crippen LogP contribution is 2.19. The first kappa shape index (κ1) is 7.39. The summed E-state index contributed by atoms with van der Waals surface area (Å²) in [5.74, 6) is 0. The Labute approximate surface area is 62.8 Å². The number of nitrogens with one attached hydrogen (secondary N) is 1. The third kappa shape index (κ3) is 1.41. The van der Waals surface area contributed by atoms with Gasteiger partial charge in [0.25, 0.3) is 0 Å². The topological polar surface area (TPSA) is 12.0 Å². The first-order valence-corrected chi connectivity index (χ1v) is 3.85. The van der Waals surface area contributed by atoms with Crippen molar-refractivity contribution in [2.75, 3.05) is 0 Å². The highest BCUT2D eigenvalue weighted by molar-refractivity contribution is 5.23. The van der Waals surface area contributed by atoms with Gasteiger partial charge in [0, 0.05) is 11.9 Å². The molecule has 0 aliphatic carbocycles. The molecule has 1 N–H and O–H groups in total. The van der Waals surface area contributed by atoms with Crippen LogP contribution in [0.5, 0.6) is 0 Å². The van der Waals surface area contributed by atoms with E-state index >= 15 is 0 Å². The van der Waals surface area contributed by atoms with Gasteiger partial charge in [-0.2, -0.15) is 0 Å². The van der Waals surface area contributed by atoms with E-state index in [4.69, 9.17) is 0 Å². The van der Waals surface area contributed by atoms with Crippen molar-refractivity contribution in [3.63, 3.8) is 0 Å². The molecular weight excluding hydrogens is 122 g/mol. The average molecular weight is 137 g/mol. The fourth-order valence-electron chi connectivity index (χ4n) is 1.08. The molecule has 0 amide bonds. The van der Waals surface area contributed by atoms with Crippen LogP contribution in [0.25, 0.3) is 0 Å². The number of hydrogen-bond donors (Lipinski definition) is 1. The van der Waals surface area contributed by atoms with E-state index in [2.05, 4.69) is 32.3 Å². The molecule has 0 aromatic carbocycles. The predicted octanol–water partition coefficient (Wildman–Crippen LogP) is 2.57. The minimum atomic E-state index is 1.16. The average Bonchev–Trinajstić information content (AvgIpc) is 1.95. The van der Waals surface area contributed by atoms with Crippen LogP contribution in [0.3, 0.4) is 0 Å². The molecule has 1 heteroatoms. The Morgan fingerprint density at radius 1 is 1.50 bits per heavy atom. The summed E-state index contributed by atoms with van der Waals surface area (Å²) in [5, 5.41) is 3.25. The zero-order chi connectivity index (χ0) is 7.56. The van der Waals surface area contributed by atoms with E-state index in [0.29, 0.717) is 0 Å². The molecular formula is C9H15N. The van der Waals surface area contributed by atoms with Crippen molar-refractivity contribution in [1.82, 2.24) is 5.32 Å². The van der Waals surface area contributed by atoms with Crippen molar-refractivity contribution in [3.05, 3.63) is 23.0 Å². The number of hydrogen-bond acceptors (Lipinski definition) is 1. The maximum Gasteiger partial charge on any atom is 0.0107 e. The van der Waals surface area contributed by atoms with Crippen molar-refractivity contribution in [2.24, 2.45) is 0 Å². The molecule has 1 heterocycles. The van der Waals surface area contributed by atoms with Crippen LogP contribution < -0.4 is 5.32 Å². The van der Waals surface area contributed by atoms with Crippen LogP contribution in [0.15, 0.2) is 23.0 Å². The summed E-state index contributed by atoms with van der Waals surface area (Å²) in [4.78, 5) is 0. The SMILES string of the molecule is CCC1=CNC(C)=C(C)C1. The van der Waals surface area contributed by atoms with Gasteiger partial charge in [-0.3, -0.25) is 0 Å². The van der Waals surface area contributed by atoms with E-state index in [9.17, 15) is 0 Å². The maximum atomic E-state index is 3.25. The van der Waals surface area contributed by atoms with Gasteiger partial charge in [0.15, 0.2) is 0 Å². The molecule has 0 saturated heterocycles. The summed E-state index contributed by atoms with van der Waals surface area (Å²) >= 11 is 0. The van der Waals surface area contributed by atoms with Crippen LogP contribution in [-0.4, -0.2) is 0 Å². The van der Waals surface area contributed by atoms with Crippen LogP contribution in [0, 0.1) is 0 Å². The summed E-state index contributed by atoms with van der Waals surface area (Å²) in [5.41, 5.74) is 4.29. The second kappa shape index (κ2) is 2.91. The Morgan fingerprint density at radius 2 is 2.20 bits per heavy atom. The monoisotopic (exact) mass is 137 g/mol. The van der Waals surface area contributed by atoms with Gasteiger partial charge in [-0.1, -0.05) is 18.1 Å². The van der Waals surface area contributed by atoms with Crippen LogP contribution in [0.2, 0.25) is 0 Å². The van der Waals surface area contributed by atoms with Gasteiger partial charge < -0.3 is 5.32 Å². The van der Waals surface area contributed by atoms with E-state index in [1.807, 2.05) is 0 Å². The third-order valence-corrected chi connectivity index (χ3v) is 2.08. The van der Waals surface area contributed by atoms with Crippen LogP contribution >= 0.6 is 0 Å². The van der Waals surface area contributed by atoms with Crippen LogP contribution in [0.1, 0.15) is 33.6 Å². The van der Waals surface area contributed by atoms with Crippen molar-refractivity contribution in [2.45, 2.75) is 33.6 Å². The lowest BCUT2D eigenvalue weighted by atomic mass is 10.0. The molecule has 0 spiro atoms. The lowest BCUT2D eigenvalue weighted by Gasteiger charge is -2.16. The molecule has 0 saturated carbocycles. The Balaban J connectivity index is 2.63. The summed E-state index contributed by atoms with van der Waals surface area (Å²) in [7, 11) is 0. The van der Waals surface area contributed by atoms with Gasteiger partial charge in [-0.15, -0.1) is 0 Å². The molecule has 0 unspecified atom stereocenters. The number of dihydropyridines is 1. The van der Waals surface area contributed by atoms with Gasteiger partial charge in [0.1, 0.15) is 0 Å². The Morgan fingerprint density at radius 3 is 2.70 bits per heavy atom. The fraction of sp³-hybridized carbons (Fsp3) is 0.556. The molecule has 0 aromatic heterocycles. The summed E-state index contributed by atoms with van der Waals surface area (Å²) in [6.45, 7) is 6.50. The van der Waals surface area contributed by atoms with Crippen molar-refractivity contribution in [3.8, 4) is 0 Å². The van der Waals surface area contributed by atoms with Gasteiger partial charge in [0.05, 0.1) is 0 Å². The quantitative estimate of drug-likeness (QED) is 0.585. The van der Waals surface area contributed by atoms with Crippen molar-refractivity contribution >= 4 is 0 Å². The molecule has 0 atom stereocenters. The lowest BCUT2D eigenvalue weighted by Crippen LogP contribution is -2.10. The zero-order valence-electron chi connectivity index (χ0n) is 6.99. The summed E-state index contributed by atoms with van der Waals surface area (Å²) in [6, 6.07) is 0. The Bertz CT molecular complexity index is 187. The second-order valence-electron chi connectivity index (χ2n) is 2.88. The molecule has 0 radical (unpaired) electrons.